The van der Waals surface area contributed by atoms with Gasteiger partial charge in [0, 0.05) is 12.6 Å². The fraction of sp³-hybridized carbons (Fsp3) is 0.360. The minimum atomic E-state index is -0.732. The van der Waals surface area contributed by atoms with E-state index in [0.717, 1.165) is 6.54 Å². The molecule has 1 saturated heterocycles. The highest BCUT2D eigenvalue weighted by molar-refractivity contribution is 6.46. The van der Waals surface area contributed by atoms with Crippen molar-refractivity contribution >= 4 is 17.4 Å². The zero-order valence-electron chi connectivity index (χ0n) is 19.6. The number of methoxy groups -OCH3 is 3. The molecule has 0 aliphatic carbocycles. The smallest absolute Gasteiger partial charge is 0.295 e. The first-order valence-electron chi connectivity index (χ1n) is 10.6. The maximum absolute atomic E-state index is 13.1. The van der Waals surface area contributed by atoms with E-state index >= 15 is 0 Å². The fourth-order valence-electron chi connectivity index (χ4n) is 3.94. The number of hydrogen-bond acceptors (Lipinski definition) is 7. The predicted octanol–water partition coefficient (Wildman–Crippen LogP) is 3.09. The topological polar surface area (TPSA) is 88.5 Å². The van der Waals surface area contributed by atoms with Gasteiger partial charge in [0.05, 0.1) is 38.5 Å². The van der Waals surface area contributed by atoms with Crippen LogP contribution in [0.5, 0.6) is 17.2 Å². The molecule has 1 heterocycles. The monoisotopic (exact) mass is 454 g/mol. The summed E-state index contributed by atoms with van der Waals surface area (Å²) >= 11 is 0. The van der Waals surface area contributed by atoms with Crippen molar-refractivity contribution in [3.05, 3.63) is 59.2 Å². The molecular formula is C25H30N2O6. The second-order valence-corrected chi connectivity index (χ2v) is 7.99. The van der Waals surface area contributed by atoms with Gasteiger partial charge in [0.1, 0.15) is 23.0 Å². The van der Waals surface area contributed by atoms with E-state index in [1.165, 1.54) is 19.1 Å². The summed E-state index contributed by atoms with van der Waals surface area (Å²) < 4.78 is 15.9. The summed E-state index contributed by atoms with van der Waals surface area (Å²) in [6.07, 6.45) is 0.679. The van der Waals surface area contributed by atoms with Crippen molar-refractivity contribution in [3.8, 4) is 17.2 Å². The lowest BCUT2D eigenvalue weighted by molar-refractivity contribution is -0.139. The normalized spacial score (nSPS) is 17.5. The number of ketones is 1. The number of Topliss-reactive ketones (excluding diaryl/α,β-unsaturated/α-hetero) is 1. The van der Waals surface area contributed by atoms with Gasteiger partial charge in [-0.05, 0) is 56.9 Å². The second kappa shape index (κ2) is 10.4. The molecule has 1 amide bonds. The number of likely N-dealkylation sites (tertiary alicyclic amines) is 1. The van der Waals surface area contributed by atoms with Gasteiger partial charge in [-0.2, -0.15) is 0 Å². The van der Waals surface area contributed by atoms with Crippen LogP contribution in [0.25, 0.3) is 5.76 Å². The van der Waals surface area contributed by atoms with Gasteiger partial charge in [-0.15, -0.1) is 0 Å². The Morgan fingerprint density at radius 1 is 0.970 bits per heavy atom. The van der Waals surface area contributed by atoms with E-state index in [4.69, 9.17) is 14.2 Å². The molecule has 1 atom stereocenters. The van der Waals surface area contributed by atoms with Gasteiger partial charge >= 0.3 is 0 Å². The Kier molecular flexibility index (Phi) is 7.60. The molecule has 0 bridgehead atoms. The zero-order valence-corrected chi connectivity index (χ0v) is 19.6. The fourth-order valence-corrected chi connectivity index (χ4v) is 3.94. The molecule has 8 nitrogen and oxygen atoms in total. The minimum absolute atomic E-state index is 0.0264. The van der Waals surface area contributed by atoms with Crippen molar-refractivity contribution in [2.75, 3.05) is 48.5 Å². The number of benzene rings is 2. The van der Waals surface area contributed by atoms with Crippen molar-refractivity contribution in [1.29, 1.82) is 0 Å². The quantitative estimate of drug-likeness (QED) is 0.354. The van der Waals surface area contributed by atoms with Gasteiger partial charge in [0.25, 0.3) is 11.7 Å². The summed E-state index contributed by atoms with van der Waals surface area (Å²) in [6, 6.07) is 11.3. The van der Waals surface area contributed by atoms with E-state index < -0.39 is 17.7 Å². The maximum Gasteiger partial charge on any atom is 0.295 e. The first-order valence-corrected chi connectivity index (χ1v) is 10.6. The Morgan fingerprint density at radius 3 is 2.18 bits per heavy atom. The first kappa shape index (κ1) is 24.1. The van der Waals surface area contributed by atoms with Crippen LogP contribution in [0.15, 0.2) is 48.0 Å². The molecule has 0 saturated carbocycles. The van der Waals surface area contributed by atoms with Gasteiger partial charge in [0.15, 0.2) is 0 Å². The summed E-state index contributed by atoms with van der Waals surface area (Å²) in [5.41, 5.74) is 1.04. The van der Waals surface area contributed by atoms with Crippen molar-refractivity contribution in [3.63, 3.8) is 0 Å². The molecular weight excluding hydrogens is 424 g/mol. The van der Waals surface area contributed by atoms with Crippen LogP contribution in [0.2, 0.25) is 0 Å². The Balaban J connectivity index is 2.13. The molecule has 0 radical (unpaired) electrons. The Bertz CT molecular complexity index is 1050. The summed E-state index contributed by atoms with van der Waals surface area (Å²) in [4.78, 5) is 29.7. The summed E-state index contributed by atoms with van der Waals surface area (Å²) in [5.74, 6) is -0.123. The van der Waals surface area contributed by atoms with E-state index in [0.29, 0.717) is 41.3 Å². The molecule has 33 heavy (non-hydrogen) atoms. The Labute approximate surface area is 194 Å². The van der Waals surface area contributed by atoms with Gasteiger partial charge in [-0.3, -0.25) is 9.59 Å². The predicted molar refractivity (Wildman–Crippen MR) is 125 cm³/mol. The molecule has 0 spiro atoms. The molecule has 1 aliphatic rings. The van der Waals surface area contributed by atoms with Gasteiger partial charge in [-0.25, -0.2) is 0 Å². The van der Waals surface area contributed by atoms with E-state index in [9.17, 15) is 14.7 Å². The molecule has 1 unspecified atom stereocenters. The number of aliphatic hydroxyl groups is 1. The highest BCUT2D eigenvalue weighted by Gasteiger charge is 2.46. The number of hydrogen-bond donors (Lipinski definition) is 1. The van der Waals surface area contributed by atoms with Crippen molar-refractivity contribution in [2.45, 2.75) is 12.5 Å². The number of carbonyl (C=O) groups excluding carboxylic acids is 2. The number of ether oxygens (including phenoxy) is 3. The third-order valence-electron chi connectivity index (χ3n) is 5.64. The number of carbonyl (C=O) groups is 2. The van der Waals surface area contributed by atoms with Crippen molar-refractivity contribution < 1.29 is 28.9 Å². The van der Waals surface area contributed by atoms with Crippen LogP contribution in [0.3, 0.4) is 0 Å². The summed E-state index contributed by atoms with van der Waals surface area (Å²) in [5, 5.41) is 11.3. The minimum Gasteiger partial charge on any atom is -0.507 e. The lowest BCUT2D eigenvalue weighted by Crippen LogP contribution is -2.32. The van der Waals surface area contributed by atoms with Crippen LogP contribution in [0.4, 0.5) is 0 Å². The molecule has 176 valence electrons. The zero-order chi connectivity index (χ0) is 24.1. The molecule has 0 aromatic heterocycles. The van der Waals surface area contributed by atoms with Crippen LogP contribution in [-0.2, 0) is 9.59 Å². The second-order valence-electron chi connectivity index (χ2n) is 7.99. The van der Waals surface area contributed by atoms with E-state index in [1.807, 2.05) is 19.0 Å². The number of aliphatic hydroxyl groups excluding tert-OH is 1. The largest absolute Gasteiger partial charge is 0.507 e. The van der Waals surface area contributed by atoms with Gasteiger partial charge in [-0.1, -0.05) is 12.1 Å². The Hall–Kier alpha value is -3.52. The molecule has 2 aromatic carbocycles. The number of rotatable bonds is 9. The third kappa shape index (κ3) is 4.96. The summed E-state index contributed by atoms with van der Waals surface area (Å²) in [6.45, 7) is 1.13. The first-order chi connectivity index (χ1) is 15.8. The molecule has 1 aliphatic heterocycles. The van der Waals surface area contributed by atoms with Crippen molar-refractivity contribution in [1.82, 2.24) is 9.80 Å². The molecule has 3 rings (SSSR count). The Morgan fingerprint density at radius 2 is 1.61 bits per heavy atom. The number of amides is 1. The maximum atomic E-state index is 13.1. The molecule has 8 heteroatoms. The van der Waals surface area contributed by atoms with Crippen LogP contribution in [0.1, 0.15) is 23.6 Å². The van der Waals surface area contributed by atoms with Crippen molar-refractivity contribution in [2.24, 2.45) is 0 Å². The standard InChI is InChI=1S/C25H30N2O6/c1-26(2)13-6-14-27-22(16-7-9-17(31-3)10-8-16)21(24(29)25(27)30)23(28)19-12-11-18(32-4)15-20(19)33-5/h7-12,15,22,28H,6,13-14H2,1-5H3. The average molecular weight is 455 g/mol. The molecule has 1 N–H and O–H groups in total. The lowest BCUT2D eigenvalue weighted by Gasteiger charge is -2.26. The van der Waals surface area contributed by atoms with E-state index in [2.05, 4.69) is 0 Å². The van der Waals surface area contributed by atoms with Crippen LogP contribution < -0.4 is 14.2 Å². The average Bonchev–Trinajstić information content (AvgIpc) is 3.08. The lowest BCUT2D eigenvalue weighted by atomic mass is 9.95. The van der Waals surface area contributed by atoms with Gasteiger partial charge < -0.3 is 29.1 Å². The molecule has 2 aromatic rings. The van der Waals surface area contributed by atoms with E-state index in [-0.39, 0.29) is 11.3 Å². The van der Waals surface area contributed by atoms with Gasteiger partial charge in [0.2, 0.25) is 0 Å². The summed E-state index contributed by atoms with van der Waals surface area (Å²) in [7, 11) is 8.46. The third-order valence-corrected chi connectivity index (χ3v) is 5.64. The SMILES string of the molecule is COc1ccc(C2C(=C(O)c3ccc(OC)cc3OC)C(=O)C(=O)N2CCCN(C)C)cc1. The van der Waals surface area contributed by atoms with Crippen LogP contribution >= 0.6 is 0 Å². The van der Waals surface area contributed by atoms with Crippen LogP contribution in [-0.4, -0.2) is 75.1 Å². The van der Waals surface area contributed by atoms with E-state index in [1.54, 1.807) is 49.6 Å². The number of nitrogens with zero attached hydrogens (tertiary/aromatic N) is 2. The highest BCUT2D eigenvalue weighted by atomic mass is 16.5. The van der Waals surface area contributed by atoms with Crippen LogP contribution in [0, 0.1) is 0 Å². The highest BCUT2D eigenvalue weighted by Crippen LogP contribution is 2.41. The molecule has 1 fully saturated rings.